The van der Waals surface area contributed by atoms with Crippen molar-refractivity contribution in [1.82, 2.24) is 5.32 Å². The van der Waals surface area contributed by atoms with Crippen LogP contribution in [0.15, 0.2) is 42.5 Å². The van der Waals surface area contributed by atoms with Gasteiger partial charge in [0, 0.05) is 0 Å². The Morgan fingerprint density at radius 2 is 1.69 bits per heavy atom. The standard InChI is InChI=1S/C20H26N2O3S/c1-14-10-11-18(12-16(14)3)17(4)21-20(23)13-22(26(5,24)25)19-9-7-6-8-15(19)2/h6-12,17H,13H2,1-5H3,(H,21,23)/t17-/m0/s1. The van der Waals surface area contributed by atoms with Gasteiger partial charge in [-0.25, -0.2) is 8.42 Å². The Kier molecular flexibility index (Phi) is 6.08. The number of carbonyl (C=O) groups excluding carboxylic acids is 1. The Balaban J connectivity index is 2.17. The van der Waals surface area contributed by atoms with Crippen LogP contribution >= 0.6 is 0 Å². The molecule has 140 valence electrons. The van der Waals surface area contributed by atoms with Crippen molar-refractivity contribution >= 4 is 21.6 Å². The molecule has 0 fully saturated rings. The lowest BCUT2D eigenvalue weighted by atomic mass is 10.0. The zero-order valence-electron chi connectivity index (χ0n) is 15.9. The van der Waals surface area contributed by atoms with Crippen LogP contribution in [0, 0.1) is 20.8 Å². The molecule has 1 amide bonds. The van der Waals surface area contributed by atoms with Crippen LogP contribution in [-0.2, 0) is 14.8 Å². The van der Waals surface area contributed by atoms with Crippen molar-refractivity contribution < 1.29 is 13.2 Å². The Bertz CT molecular complexity index is 907. The second kappa shape index (κ2) is 7.91. The van der Waals surface area contributed by atoms with E-state index in [1.807, 2.05) is 58.0 Å². The van der Waals surface area contributed by atoms with E-state index in [0.717, 1.165) is 27.3 Å². The number of amides is 1. The molecule has 0 unspecified atom stereocenters. The summed E-state index contributed by atoms with van der Waals surface area (Å²) in [6.45, 7) is 7.52. The molecule has 26 heavy (non-hydrogen) atoms. The van der Waals surface area contributed by atoms with E-state index in [4.69, 9.17) is 0 Å². The molecule has 0 saturated heterocycles. The van der Waals surface area contributed by atoms with Crippen molar-refractivity contribution in [3.05, 3.63) is 64.7 Å². The van der Waals surface area contributed by atoms with Crippen LogP contribution in [-0.4, -0.2) is 27.1 Å². The molecule has 2 aromatic rings. The van der Waals surface area contributed by atoms with Crippen molar-refractivity contribution in [3.63, 3.8) is 0 Å². The van der Waals surface area contributed by atoms with Gasteiger partial charge < -0.3 is 5.32 Å². The van der Waals surface area contributed by atoms with Crippen molar-refractivity contribution in [2.75, 3.05) is 17.1 Å². The third-order valence-corrected chi connectivity index (χ3v) is 5.61. The van der Waals surface area contributed by atoms with Gasteiger partial charge in [0.05, 0.1) is 18.0 Å². The van der Waals surface area contributed by atoms with Crippen LogP contribution in [0.4, 0.5) is 5.69 Å². The number of nitrogens with zero attached hydrogens (tertiary/aromatic N) is 1. The summed E-state index contributed by atoms with van der Waals surface area (Å²) in [5, 5.41) is 2.89. The first-order valence-corrected chi connectivity index (χ1v) is 10.3. The highest BCUT2D eigenvalue weighted by Gasteiger charge is 2.23. The summed E-state index contributed by atoms with van der Waals surface area (Å²) >= 11 is 0. The van der Waals surface area contributed by atoms with E-state index in [0.29, 0.717) is 5.69 Å². The number of nitrogens with one attached hydrogen (secondary N) is 1. The molecule has 0 aliphatic carbocycles. The lowest BCUT2D eigenvalue weighted by Crippen LogP contribution is -2.41. The monoisotopic (exact) mass is 374 g/mol. The summed E-state index contributed by atoms with van der Waals surface area (Å²) in [4.78, 5) is 12.5. The van der Waals surface area contributed by atoms with Gasteiger partial charge in [-0.2, -0.15) is 0 Å². The fourth-order valence-corrected chi connectivity index (χ4v) is 3.67. The largest absolute Gasteiger partial charge is 0.348 e. The summed E-state index contributed by atoms with van der Waals surface area (Å²) in [7, 11) is -3.58. The van der Waals surface area contributed by atoms with Crippen molar-refractivity contribution in [3.8, 4) is 0 Å². The molecule has 0 bridgehead atoms. The van der Waals surface area contributed by atoms with Crippen LogP contribution in [0.5, 0.6) is 0 Å². The minimum Gasteiger partial charge on any atom is -0.348 e. The highest BCUT2D eigenvalue weighted by molar-refractivity contribution is 7.92. The number of hydrogen-bond donors (Lipinski definition) is 1. The fraction of sp³-hybridized carbons (Fsp3) is 0.350. The molecule has 1 N–H and O–H groups in total. The number of carbonyl (C=O) groups is 1. The topological polar surface area (TPSA) is 66.5 Å². The molecule has 0 spiro atoms. The number of aryl methyl sites for hydroxylation is 3. The van der Waals surface area contributed by atoms with Crippen molar-refractivity contribution in [1.29, 1.82) is 0 Å². The summed E-state index contributed by atoms with van der Waals surface area (Å²) in [6, 6.07) is 12.9. The van der Waals surface area contributed by atoms with Gasteiger partial charge in [-0.15, -0.1) is 0 Å². The average molecular weight is 375 g/mol. The predicted molar refractivity (Wildman–Crippen MR) is 106 cm³/mol. The fourth-order valence-electron chi connectivity index (χ4n) is 2.76. The van der Waals surface area contributed by atoms with Gasteiger partial charge in [0.25, 0.3) is 0 Å². The average Bonchev–Trinajstić information content (AvgIpc) is 2.55. The second-order valence-corrected chi connectivity index (χ2v) is 8.60. The Morgan fingerprint density at radius 3 is 2.27 bits per heavy atom. The SMILES string of the molecule is Cc1ccc([C@H](C)NC(=O)CN(c2ccccc2C)S(C)(=O)=O)cc1C. The Morgan fingerprint density at radius 1 is 1.04 bits per heavy atom. The van der Waals surface area contributed by atoms with E-state index in [-0.39, 0.29) is 18.5 Å². The van der Waals surface area contributed by atoms with Gasteiger partial charge in [-0.3, -0.25) is 9.10 Å². The number of anilines is 1. The lowest BCUT2D eigenvalue weighted by Gasteiger charge is -2.24. The molecule has 0 radical (unpaired) electrons. The molecule has 2 rings (SSSR count). The maximum absolute atomic E-state index is 12.5. The summed E-state index contributed by atoms with van der Waals surface area (Å²) in [6.07, 6.45) is 1.11. The molecule has 6 heteroatoms. The molecule has 0 aromatic heterocycles. The van der Waals surface area contributed by atoms with Gasteiger partial charge in [-0.05, 0) is 56.0 Å². The zero-order valence-corrected chi connectivity index (χ0v) is 16.7. The molecule has 2 aromatic carbocycles. The first kappa shape index (κ1) is 20.0. The maximum Gasteiger partial charge on any atom is 0.241 e. The first-order valence-electron chi connectivity index (χ1n) is 8.49. The van der Waals surface area contributed by atoms with Gasteiger partial charge in [0.2, 0.25) is 15.9 Å². The number of rotatable bonds is 6. The lowest BCUT2D eigenvalue weighted by molar-refractivity contribution is -0.120. The quantitative estimate of drug-likeness (QED) is 0.844. The molecule has 5 nitrogen and oxygen atoms in total. The van der Waals surface area contributed by atoms with Crippen LogP contribution in [0.3, 0.4) is 0 Å². The third kappa shape index (κ3) is 4.85. The molecular formula is C20H26N2O3S. The number of benzene rings is 2. The number of sulfonamides is 1. The van der Waals surface area contributed by atoms with E-state index in [2.05, 4.69) is 5.32 Å². The maximum atomic E-state index is 12.5. The van der Waals surface area contributed by atoms with E-state index in [1.165, 1.54) is 5.56 Å². The molecule has 0 heterocycles. The van der Waals surface area contributed by atoms with Crippen LogP contribution in [0.25, 0.3) is 0 Å². The molecule has 1 atom stereocenters. The van der Waals surface area contributed by atoms with Crippen LogP contribution in [0.2, 0.25) is 0 Å². The predicted octanol–water partition coefficient (Wildman–Crippen LogP) is 3.26. The number of para-hydroxylation sites is 1. The van der Waals surface area contributed by atoms with Crippen molar-refractivity contribution in [2.45, 2.75) is 33.7 Å². The Labute approximate surface area is 156 Å². The second-order valence-electron chi connectivity index (χ2n) is 6.69. The molecule has 0 aliphatic heterocycles. The van der Waals surface area contributed by atoms with Gasteiger partial charge in [0.15, 0.2) is 0 Å². The molecule has 0 saturated carbocycles. The smallest absolute Gasteiger partial charge is 0.241 e. The van der Waals surface area contributed by atoms with Crippen LogP contribution < -0.4 is 9.62 Å². The summed E-state index contributed by atoms with van der Waals surface area (Å²) in [5.74, 6) is -0.343. The van der Waals surface area contributed by atoms with E-state index in [9.17, 15) is 13.2 Å². The highest BCUT2D eigenvalue weighted by atomic mass is 32.2. The van der Waals surface area contributed by atoms with E-state index >= 15 is 0 Å². The molecular weight excluding hydrogens is 348 g/mol. The van der Waals surface area contributed by atoms with Crippen molar-refractivity contribution in [2.24, 2.45) is 0 Å². The first-order chi connectivity index (χ1) is 12.1. The highest BCUT2D eigenvalue weighted by Crippen LogP contribution is 2.22. The van der Waals surface area contributed by atoms with Crippen LogP contribution in [0.1, 0.15) is 35.2 Å². The Hall–Kier alpha value is -2.34. The van der Waals surface area contributed by atoms with Gasteiger partial charge in [0.1, 0.15) is 6.54 Å². The third-order valence-electron chi connectivity index (χ3n) is 4.48. The molecule has 0 aliphatic rings. The van der Waals surface area contributed by atoms with E-state index < -0.39 is 10.0 Å². The zero-order chi connectivity index (χ0) is 19.5. The van der Waals surface area contributed by atoms with Gasteiger partial charge >= 0.3 is 0 Å². The summed E-state index contributed by atoms with van der Waals surface area (Å²) < 4.78 is 25.6. The minimum atomic E-state index is -3.58. The number of hydrogen-bond acceptors (Lipinski definition) is 3. The van der Waals surface area contributed by atoms with E-state index in [1.54, 1.807) is 12.1 Å². The minimum absolute atomic E-state index is 0.208. The van der Waals surface area contributed by atoms with Gasteiger partial charge in [-0.1, -0.05) is 36.4 Å². The normalized spacial score (nSPS) is 12.5. The summed E-state index contributed by atoms with van der Waals surface area (Å²) in [5.41, 5.74) is 4.65.